The lowest BCUT2D eigenvalue weighted by Gasteiger charge is -2.32. The van der Waals surface area contributed by atoms with Crippen molar-refractivity contribution in [2.75, 3.05) is 32.9 Å². The van der Waals surface area contributed by atoms with Gasteiger partial charge in [0.25, 0.3) is 0 Å². The maximum absolute atomic E-state index is 12.5. The summed E-state index contributed by atoms with van der Waals surface area (Å²) in [5.74, 6) is 0.0700. The fourth-order valence-corrected chi connectivity index (χ4v) is 3.89. The van der Waals surface area contributed by atoms with Crippen molar-refractivity contribution in [2.24, 2.45) is 0 Å². The van der Waals surface area contributed by atoms with Crippen LogP contribution >= 0.6 is 0 Å². The Morgan fingerprint density at radius 1 is 1.12 bits per heavy atom. The van der Waals surface area contributed by atoms with E-state index in [9.17, 15) is 4.79 Å². The molecular weight excluding hydrogens is 330 g/mol. The number of carbonyl (C=O) groups excluding carboxylic acids is 1. The Hall–Kier alpha value is -2.37. The lowest BCUT2D eigenvalue weighted by molar-refractivity contribution is -0.0362. The normalized spacial score (nSPS) is 19.1. The standard InChI is InChI=1S/C21H23NO4/c23-11-9-15-13-22(10-12-25-15)21(24)26-14-20-18-7-3-1-5-16(18)17-6-2-4-8-19(17)20/h1-8,15,20,23H,9-14H2. The molecule has 1 saturated heterocycles. The van der Waals surface area contributed by atoms with Crippen LogP contribution in [-0.4, -0.2) is 55.1 Å². The summed E-state index contributed by atoms with van der Waals surface area (Å²) in [4.78, 5) is 14.2. The fraction of sp³-hybridized carbons (Fsp3) is 0.381. The van der Waals surface area contributed by atoms with E-state index in [4.69, 9.17) is 14.6 Å². The van der Waals surface area contributed by atoms with E-state index in [0.29, 0.717) is 32.7 Å². The van der Waals surface area contributed by atoms with E-state index in [2.05, 4.69) is 24.3 Å². The van der Waals surface area contributed by atoms with E-state index in [-0.39, 0.29) is 24.7 Å². The van der Waals surface area contributed by atoms with Crippen LogP contribution in [0.4, 0.5) is 4.79 Å². The first-order valence-corrected chi connectivity index (χ1v) is 9.10. The minimum Gasteiger partial charge on any atom is -0.448 e. The minimum atomic E-state index is -0.307. The van der Waals surface area contributed by atoms with E-state index in [1.165, 1.54) is 22.3 Å². The number of rotatable bonds is 4. The minimum absolute atomic E-state index is 0.0587. The van der Waals surface area contributed by atoms with Crippen molar-refractivity contribution >= 4 is 6.09 Å². The van der Waals surface area contributed by atoms with Crippen LogP contribution in [0.1, 0.15) is 23.5 Å². The summed E-state index contributed by atoms with van der Waals surface area (Å²) < 4.78 is 11.2. The number of amides is 1. The van der Waals surface area contributed by atoms with Crippen LogP contribution in [0.5, 0.6) is 0 Å². The molecule has 1 atom stereocenters. The van der Waals surface area contributed by atoms with E-state index in [1.807, 2.05) is 24.3 Å². The molecule has 1 N–H and O–H groups in total. The van der Waals surface area contributed by atoms with Crippen LogP contribution in [0.2, 0.25) is 0 Å². The molecule has 2 aliphatic rings. The molecular formula is C21H23NO4. The maximum Gasteiger partial charge on any atom is 0.409 e. The van der Waals surface area contributed by atoms with Crippen molar-refractivity contribution in [3.8, 4) is 11.1 Å². The Labute approximate surface area is 153 Å². The van der Waals surface area contributed by atoms with Gasteiger partial charge in [0.05, 0.1) is 19.3 Å². The van der Waals surface area contributed by atoms with Crippen molar-refractivity contribution in [2.45, 2.75) is 18.4 Å². The van der Waals surface area contributed by atoms with Gasteiger partial charge in [-0.3, -0.25) is 0 Å². The average molecular weight is 353 g/mol. The molecule has 2 aromatic carbocycles. The maximum atomic E-state index is 12.5. The number of morpholine rings is 1. The van der Waals surface area contributed by atoms with E-state index < -0.39 is 0 Å². The van der Waals surface area contributed by atoms with Crippen LogP contribution in [-0.2, 0) is 9.47 Å². The van der Waals surface area contributed by atoms with Crippen molar-refractivity contribution < 1.29 is 19.4 Å². The zero-order valence-electron chi connectivity index (χ0n) is 14.6. The van der Waals surface area contributed by atoms with Gasteiger partial charge in [-0.1, -0.05) is 48.5 Å². The molecule has 0 spiro atoms. The van der Waals surface area contributed by atoms with Gasteiger partial charge >= 0.3 is 6.09 Å². The molecule has 1 aliphatic carbocycles. The number of carbonyl (C=O) groups is 1. The predicted molar refractivity (Wildman–Crippen MR) is 98.1 cm³/mol. The van der Waals surface area contributed by atoms with E-state index in [0.717, 1.165) is 0 Å². The molecule has 1 fully saturated rings. The Balaban J connectivity index is 1.45. The van der Waals surface area contributed by atoms with Gasteiger partial charge in [-0.25, -0.2) is 4.79 Å². The van der Waals surface area contributed by atoms with Gasteiger partial charge in [-0.15, -0.1) is 0 Å². The van der Waals surface area contributed by atoms with Crippen LogP contribution in [0.25, 0.3) is 11.1 Å². The SMILES string of the molecule is O=C(OCC1c2ccccc2-c2ccccc21)N1CCOC(CCO)C1. The highest BCUT2D eigenvalue weighted by atomic mass is 16.6. The zero-order valence-corrected chi connectivity index (χ0v) is 14.6. The third-order valence-corrected chi connectivity index (χ3v) is 5.18. The van der Waals surface area contributed by atoms with Crippen molar-refractivity contribution in [3.05, 3.63) is 59.7 Å². The summed E-state index contributed by atoms with van der Waals surface area (Å²) in [6, 6.07) is 16.6. The quantitative estimate of drug-likeness (QED) is 0.918. The summed E-state index contributed by atoms with van der Waals surface area (Å²) in [7, 11) is 0. The number of hydrogen-bond acceptors (Lipinski definition) is 4. The largest absolute Gasteiger partial charge is 0.448 e. The molecule has 0 radical (unpaired) electrons. The molecule has 2 aromatic rings. The molecule has 0 bridgehead atoms. The molecule has 1 amide bonds. The lowest BCUT2D eigenvalue weighted by Crippen LogP contribution is -2.46. The smallest absolute Gasteiger partial charge is 0.409 e. The number of aliphatic hydroxyl groups is 1. The molecule has 1 aliphatic heterocycles. The van der Waals surface area contributed by atoms with Gasteiger partial charge in [-0.05, 0) is 28.7 Å². The van der Waals surface area contributed by atoms with Crippen molar-refractivity contribution in [1.29, 1.82) is 0 Å². The van der Waals surface area contributed by atoms with Gasteiger partial charge in [0.1, 0.15) is 6.61 Å². The molecule has 1 unspecified atom stereocenters. The van der Waals surface area contributed by atoms with Crippen LogP contribution in [0, 0.1) is 0 Å². The Kier molecular flexibility index (Phi) is 4.91. The van der Waals surface area contributed by atoms with Crippen molar-refractivity contribution in [1.82, 2.24) is 4.90 Å². The van der Waals surface area contributed by atoms with Crippen LogP contribution < -0.4 is 0 Å². The number of benzene rings is 2. The lowest BCUT2D eigenvalue weighted by atomic mass is 9.98. The first-order valence-electron chi connectivity index (χ1n) is 9.10. The molecule has 0 saturated carbocycles. The molecule has 5 nitrogen and oxygen atoms in total. The molecule has 5 heteroatoms. The van der Waals surface area contributed by atoms with Crippen LogP contribution in [0.15, 0.2) is 48.5 Å². The highest BCUT2D eigenvalue weighted by Crippen LogP contribution is 2.44. The van der Waals surface area contributed by atoms with Crippen molar-refractivity contribution in [3.63, 3.8) is 0 Å². The number of hydrogen-bond donors (Lipinski definition) is 1. The monoisotopic (exact) mass is 353 g/mol. The summed E-state index contributed by atoms with van der Waals surface area (Å²) >= 11 is 0. The van der Waals surface area contributed by atoms with Gasteiger partial charge in [-0.2, -0.15) is 0 Å². The van der Waals surface area contributed by atoms with Gasteiger partial charge in [0.2, 0.25) is 0 Å². The Morgan fingerprint density at radius 2 is 1.77 bits per heavy atom. The van der Waals surface area contributed by atoms with E-state index >= 15 is 0 Å². The molecule has 1 heterocycles. The second-order valence-electron chi connectivity index (χ2n) is 6.76. The first kappa shape index (κ1) is 17.1. The Bertz CT molecular complexity index is 744. The molecule has 0 aromatic heterocycles. The summed E-state index contributed by atoms with van der Waals surface area (Å²) in [5.41, 5.74) is 4.86. The molecule has 4 rings (SSSR count). The second kappa shape index (κ2) is 7.48. The first-order chi connectivity index (χ1) is 12.8. The number of ether oxygens (including phenoxy) is 2. The average Bonchev–Trinajstić information content (AvgIpc) is 3.01. The van der Waals surface area contributed by atoms with Crippen LogP contribution in [0.3, 0.4) is 0 Å². The fourth-order valence-electron chi connectivity index (χ4n) is 3.89. The second-order valence-corrected chi connectivity index (χ2v) is 6.76. The van der Waals surface area contributed by atoms with E-state index in [1.54, 1.807) is 4.90 Å². The van der Waals surface area contributed by atoms with Gasteiger partial charge in [0, 0.05) is 19.1 Å². The summed E-state index contributed by atoms with van der Waals surface area (Å²) in [6.07, 6.45) is 0.111. The highest BCUT2D eigenvalue weighted by molar-refractivity contribution is 5.79. The van der Waals surface area contributed by atoms with Gasteiger partial charge < -0.3 is 19.5 Å². The topological polar surface area (TPSA) is 59.0 Å². The predicted octanol–water partition coefficient (Wildman–Crippen LogP) is 3.02. The number of aliphatic hydroxyl groups excluding tert-OH is 1. The Morgan fingerprint density at radius 3 is 2.42 bits per heavy atom. The number of fused-ring (bicyclic) bond motifs is 3. The molecule has 136 valence electrons. The number of nitrogens with zero attached hydrogens (tertiary/aromatic N) is 1. The molecule has 26 heavy (non-hydrogen) atoms. The third-order valence-electron chi connectivity index (χ3n) is 5.18. The summed E-state index contributed by atoms with van der Waals surface area (Å²) in [6.45, 7) is 1.86. The third kappa shape index (κ3) is 3.20. The highest BCUT2D eigenvalue weighted by Gasteiger charge is 2.30. The zero-order chi connectivity index (χ0) is 17.9. The van der Waals surface area contributed by atoms with Gasteiger partial charge in [0.15, 0.2) is 0 Å². The summed E-state index contributed by atoms with van der Waals surface area (Å²) in [5, 5.41) is 9.06.